The summed E-state index contributed by atoms with van der Waals surface area (Å²) in [5.74, 6) is -2.25. The molecule has 0 aliphatic heterocycles. The number of benzene rings is 2. The molecule has 0 unspecified atom stereocenters. The van der Waals surface area contributed by atoms with Crippen LogP contribution in [0.5, 0.6) is 0 Å². The lowest BCUT2D eigenvalue weighted by Crippen LogP contribution is -2.08. The molecule has 0 amide bonds. The number of aryl methyl sites for hydroxylation is 1. The van der Waals surface area contributed by atoms with E-state index < -0.39 is 17.5 Å². The molecule has 0 saturated heterocycles. The summed E-state index contributed by atoms with van der Waals surface area (Å²) in [7, 11) is 1.82. The van der Waals surface area contributed by atoms with E-state index in [1.54, 1.807) is 0 Å². The van der Waals surface area contributed by atoms with Gasteiger partial charge in [0.05, 0.1) is 17.6 Å². The molecular weight excluding hydrogens is 279 g/mol. The van der Waals surface area contributed by atoms with Gasteiger partial charge in [0.15, 0.2) is 11.6 Å². The molecular formula is C15H12F3N3. The molecule has 0 radical (unpaired) electrons. The molecule has 0 atom stereocenters. The predicted molar refractivity (Wildman–Crippen MR) is 74.4 cm³/mol. The van der Waals surface area contributed by atoms with Crippen LogP contribution in [0.2, 0.25) is 0 Å². The topological polar surface area (TPSA) is 29.9 Å². The van der Waals surface area contributed by atoms with Crippen molar-refractivity contribution in [1.29, 1.82) is 0 Å². The van der Waals surface area contributed by atoms with Gasteiger partial charge < -0.3 is 9.88 Å². The maximum atomic E-state index is 13.5. The van der Waals surface area contributed by atoms with E-state index in [1.807, 2.05) is 35.9 Å². The summed E-state index contributed by atoms with van der Waals surface area (Å²) >= 11 is 0. The molecule has 0 fully saturated rings. The molecule has 21 heavy (non-hydrogen) atoms. The minimum atomic E-state index is -0.966. The van der Waals surface area contributed by atoms with Crippen LogP contribution in [-0.4, -0.2) is 9.55 Å². The highest BCUT2D eigenvalue weighted by atomic mass is 19.1. The summed E-state index contributed by atoms with van der Waals surface area (Å²) in [4.78, 5) is 4.39. The van der Waals surface area contributed by atoms with Crippen LogP contribution < -0.4 is 5.32 Å². The van der Waals surface area contributed by atoms with Crippen molar-refractivity contribution in [3.05, 3.63) is 59.7 Å². The predicted octanol–water partition coefficient (Wildman–Crippen LogP) is 3.60. The van der Waals surface area contributed by atoms with Crippen LogP contribution in [0.1, 0.15) is 5.82 Å². The maximum absolute atomic E-state index is 13.5. The van der Waals surface area contributed by atoms with E-state index in [2.05, 4.69) is 10.3 Å². The molecule has 0 spiro atoms. The third kappa shape index (κ3) is 2.44. The van der Waals surface area contributed by atoms with Gasteiger partial charge in [-0.25, -0.2) is 18.2 Å². The molecule has 1 N–H and O–H groups in total. The monoisotopic (exact) mass is 291 g/mol. The Bertz CT molecular complexity index is 788. The number of para-hydroxylation sites is 2. The van der Waals surface area contributed by atoms with Crippen molar-refractivity contribution in [1.82, 2.24) is 9.55 Å². The van der Waals surface area contributed by atoms with Gasteiger partial charge in [-0.1, -0.05) is 12.1 Å². The van der Waals surface area contributed by atoms with Gasteiger partial charge in [-0.3, -0.25) is 0 Å². The average molecular weight is 291 g/mol. The number of hydrogen-bond acceptors (Lipinski definition) is 2. The number of fused-ring (bicyclic) bond motifs is 1. The van der Waals surface area contributed by atoms with E-state index >= 15 is 0 Å². The second-order valence-corrected chi connectivity index (χ2v) is 4.67. The molecule has 1 aromatic heterocycles. The Hall–Kier alpha value is -2.50. The van der Waals surface area contributed by atoms with Gasteiger partial charge in [0.2, 0.25) is 0 Å². The zero-order chi connectivity index (χ0) is 15.0. The Morgan fingerprint density at radius 2 is 1.76 bits per heavy atom. The van der Waals surface area contributed by atoms with Gasteiger partial charge in [0.1, 0.15) is 17.3 Å². The molecule has 3 aromatic rings. The zero-order valence-electron chi connectivity index (χ0n) is 11.2. The molecule has 0 saturated carbocycles. The second kappa shape index (κ2) is 5.12. The normalized spacial score (nSPS) is 11.0. The van der Waals surface area contributed by atoms with Gasteiger partial charge in [0.25, 0.3) is 0 Å². The summed E-state index contributed by atoms with van der Waals surface area (Å²) in [6.45, 7) is 0.130. The van der Waals surface area contributed by atoms with Crippen molar-refractivity contribution in [3.8, 4) is 0 Å². The van der Waals surface area contributed by atoms with Crippen LogP contribution in [0.15, 0.2) is 36.4 Å². The Kier molecular flexibility index (Phi) is 3.29. The van der Waals surface area contributed by atoms with Crippen molar-refractivity contribution < 1.29 is 13.2 Å². The Morgan fingerprint density at radius 1 is 1.10 bits per heavy atom. The first-order chi connectivity index (χ1) is 10.1. The number of hydrogen-bond donors (Lipinski definition) is 1. The standard InChI is InChI=1S/C15H12F3N3/c1-21-13-5-3-2-4-12(13)20-14(21)8-19-15-10(17)6-9(16)7-11(15)18/h2-7,19H,8H2,1H3. The summed E-state index contributed by atoms with van der Waals surface area (Å²) in [5.41, 5.74) is 1.37. The lowest BCUT2D eigenvalue weighted by Gasteiger charge is -2.09. The Labute approximate surface area is 119 Å². The van der Waals surface area contributed by atoms with Crippen LogP contribution in [0.4, 0.5) is 18.9 Å². The molecule has 6 heteroatoms. The number of aromatic nitrogens is 2. The molecule has 0 aliphatic rings. The third-order valence-corrected chi connectivity index (χ3v) is 3.31. The van der Waals surface area contributed by atoms with Gasteiger partial charge in [-0.05, 0) is 12.1 Å². The summed E-state index contributed by atoms with van der Waals surface area (Å²) < 4.78 is 41.8. The molecule has 0 bridgehead atoms. The highest BCUT2D eigenvalue weighted by Crippen LogP contribution is 2.21. The van der Waals surface area contributed by atoms with Gasteiger partial charge in [-0.2, -0.15) is 0 Å². The first kappa shape index (κ1) is 13.5. The molecule has 108 valence electrons. The summed E-state index contributed by atoms with van der Waals surface area (Å²) in [6, 6.07) is 8.80. The molecule has 3 nitrogen and oxygen atoms in total. The number of rotatable bonds is 3. The quantitative estimate of drug-likeness (QED) is 0.799. The second-order valence-electron chi connectivity index (χ2n) is 4.67. The van der Waals surface area contributed by atoms with Crippen LogP contribution in [0, 0.1) is 17.5 Å². The van der Waals surface area contributed by atoms with Crippen LogP contribution in [-0.2, 0) is 13.6 Å². The van der Waals surface area contributed by atoms with E-state index in [4.69, 9.17) is 0 Å². The van der Waals surface area contributed by atoms with Crippen LogP contribution >= 0.6 is 0 Å². The third-order valence-electron chi connectivity index (χ3n) is 3.31. The van der Waals surface area contributed by atoms with Crippen molar-refractivity contribution in [2.24, 2.45) is 7.05 Å². The van der Waals surface area contributed by atoms with Crippen molar-refractivity contribution in [2.45, 2.75) is 6.54 Å². The minimum absolute atomic E-state index is 0.130. The smallest absolute Gasteiger partial charge is 0.152 e. The van der Waals surface area contributed by atoms with E-state index in [-0.39, 0.29) is 12.2 Å². The molecule has 2 aromatic carbocycles. The highest BCUT2D eigenvalue weighted by molar-refractivity contribution is 5.75. The first-order valence-electron chi connectivity index (χ1n) is 6.35. The fraction of sp³-hybridized carbons (Fsp3) is 0.133. The minimum Gasteiger partial charge on any atom is -0.373 e. The maximum Gasteiger partial charge on any atom is 0.152 e. The Morgan fingerprint density at radius 3 is 2.43 bits per heavy atom. The fourth-order valence-corrected chi connectivity index (χ4v) is 2.23. The van der Waals surface area contributed by atoms with Crippen molar-refractivity contribution >= 4 is 16.7 Å². The SMILES string of the molecule is Cn1c(CNc2c(F)cc(F)cc2F)nc2ccccc21. The van der Waals surface area contributed by atoms with Crippen LogP contribution in [0.25, 0.3) is 11.0 Å². The van der Waals surface area contributed by atoms with E-state index in [0.29, 0.717) is 18.0 Å². The van der Waals surface area contributed by atoms with Crippen molar-refractivity contribution in [2.75, 3.05) is 5.32 Å². The largest absolute Gasteiger partial charge is 0.373 e. The molecule has 0 aliphatic carbocycles. The van der Waals surface area contributed by atoms with Crippen LogP contribution in [0.3, 0.4) is 0 Å². The van der Waals surface area contributed by atoms with Crippen molar-refractivity contribution in [3.63, 3.8) is 0 Å². The van der Waals surface area contributed by atoms with E-state index in [1.165, 1.54) is 0 Å². The number of nitrogens with one attached hydrogen (secondary N) is 1. The first-order valence-corrected chi connectivity index (χ1v) is 6.35. The number of anilines is 1. The summed E-state index contributed by atoms with van der Waals surface area (Å²) in [5, 5.41) is 2.63. The fourth-order valence-electron chi connectivity index (χ4n) is 2.23. The van der Waals surface area contributed by atoms with E-state index in [9.17, 15) is 13.2 Å². The van der Waals surface area contributed by atoms with E-state index in [0.717, 1.165) is 11.0 Å². The Balaban J connectivity index is 1.89. The molecule has 1 heterocycles. The lowest BCUT2D eigenvalue weighted by atomic mass is 10.2. The number of halogens is 3. The number of nitrogens with zero attached hydrogens (tertiary/aromatic N) is 2. The molecule has 3 rings (SSSR count). The van der Waals surface area contributed by atoms with Gasteiger partial charge in [-0.15, -0.1) is 0 Å². The van der Waals surface area contributed by atoms with Gasteiger partial charge in [0, 0.05) is 19.2 Å². The summed E-state index contributed by atoms with van der Waals surface area (Å²) in [6.07, 6.45) is 0. The average Bonchev–Trinajstić information content (AvgIpc) is 2.75. The number of imidazole rings is 1. The zero-order valence-corrected chi connectivity index (χ0v) is 11.2. The highest BCUT2D eigenvalue weighted by Gasteiger charge is 2.13. The van der Waals surface area contributed by atoms with Gasteiger partial charge >= 0.3 is 0 Å². The lowest BCUT2D eigenvalue weighted by molar-refractivity contribution is 0.547.